The number of carbonyl (C=O) groups is 2. The molecule has 1 heterocycles. The van der Waals surface area contributed by atoms with Crippen LogP contribution in [0.5, 0.6) is 0 Å². The molecule has 27 heavy (non-hydrogen) atoms. The van der Waals surface area contributed by atoms with E-state index in [-0.39, 0.29) is 17.9 Å². The van der Waals surface area contributed by atoms with Gasteiger partial charge in [-0.1, -0.05) is 51.3 Å². The highest BCUT2D eigenvalue weighted by molar-refractivity contribution is 7.10. The minimum absolute atomic E-state index is 0.114. The van der Waals surface area contributed by atoms with Gasteiger partial charge in [-0.05, 0) is 47.9 Å². The van der Waals surface area contributed by atoms with Crippen molar-refractivity contribution in [2.45, 2.75) is 64.0 Å². The zero-order valence-electron chi connectivity index (χ0n) is 16.0. The van der Waals surface area contributed by atoms with Crippen molar-refractivity contribution < 1.29 is 9.59 Å². The number of hydrogen-bond acceptors (Lipinski definition) is 3. The van der Waals surface area contributed by atoms with Gasteiger partial charge in [0.05, 0.1) is 0 Å². The lowest BCUT2D eigenvalue weighted by atomic mass is 9.95. The lowest BCUT2D eigenvalue weighted by Gasteiger charge is -2.25. The summed E-state index contributed by atoms with van der Waals surface area (Å²) in [6.45, 7) is 4.25. The van der Waals surface area contributed by atoms with Crippen molar-refractivity contribution >= 4 is 23.2 Å². The lowest BCUT2D eigenvalue weighted by molar-refractivity contribution is -0.124. The van der Waals surface area contributed by atoms with E-state index in [0.29, 0.717) is 11.5 Å². The quantitative estimate of drug-likeness (QED) is 0.752. The van der Waals surface area contributed by atoms with E-state index in [0.717, 1.165) is 30.6 Å². The van der Waals surface area contributed by atoms with Gasteiger partial charge in [-0.25, -0.2) is 0 Å². The van der Waals surface area contributed by atoms with Crippen molar-refractivity contribution in [3.05, 3.63) is 57.8 Å². The van der Waals surface area contributed by atoms with Crippen LogP contribution in [0.1, 0.15) is 78.7 Å². The summed E-state index contributed by atoms with van der Waals surface area (Å²) in [5.74, 6) is 0.0845. The molecule has 1 aromatic heterocycles. The molecule has 1 aromatic carbocycles. The first-order chi connectivity index (χ1) is 13.0. The van der Waals surface area contributed by atoms with Crippen molar-refractivity contribution in [2.24, 2.45) is 0 Å². The molecule has 0 bridgehead atoms. The first-order valence-electron chi connectivity index (χ1n) is 9.79. The number of nitrogens with one attached hydrogen (secondary N) is 2. The Labute approximate surface area is 165 Å². The van der Waals surface area contributed by atoms with Gasteiger partial charge in [0.15, 0.2) is 0 Å². The summed E-state index contributed by atoms with van der Waals surface area (Å²) < 4.78 is 0. The van der Waals surface area contributed by atoms with E-state index < -0.39 is 6.04 Å². The van der Waals surface area contributed by atoms with Crippen LogP contribution in [0.4, 0.5) is 0 Å². The SMILES string of the molecule is CC(C)c1ccc(C(=O)NC(C(=O)NC2CCCCC2)c2cccs2)cc1. The zero-order chi connectivity index (χ0) is 19.2. The summed E-state index contributed by atoms with van der Waals surface area (Å²) in [7, 11) is 0. The lowest BCUT2D eigenvalue weighted by Crippen LogP contribution is -2.44. The summed E-state index contributed by atoms with van der Waals surface area (Å²) in [6.07, 6.45) is 5.59. The molecule has 1 atom stereocenters. The summed E-state index contributed by atoms with van der Waals surface area (Å²) in [4.78, 5) is 26.5. The average Bonchev–Trinajstić information content (AvgIpc) is 3.21. The Bertz CT molecular complexity index is 747. The van der Waals surface area contributed by atoms with E-state index in [2.05, 4.69) is 24.5 Å². The molecule has 1 aliphatic carbocycles. The second kappa shape index (κ2) is 9.18. The molecule has 0 aliphatic heterocycles. The first-order valence-corrected chi connectivity index (χ1v) is 10.7. The summed E-state index contributed by atoms with van der Waals surface area (Å²) >= 11 is 1.49. The van der Waals surface area contributed by atoms with Gasteiger partial charge in [-0.2, -0.15) is 0 Å². The molecule has 0 radical (unpaired) electrons. The molecule has 4 nitrogen and oxygen atoms in total. The molecular weight excluding hydrogens is 356 g/mol. The van der Waals surface area contributed by atoms with Gasteiger partial charge in [0.2, 0.25) is 5.91 Å². The molecule has 1 unspecified atom stereocenters. The highest BCUT2D eigenvalue weighted by Gasteiger charge is 2.26. The predicted octanol–water partition coefficient (Wildman–Crippen LogP) is 4.79. The van der Waals surface area contributed by atoms with Crippen LogP contribution in [0.3, 0.4) is 0 Å². The molecule has 3 rings (SSSR count). The van der Waals surface area contributed by atoms with Crippen LogP contribution in [0, 0.1) is 0 Å². The molecule has 0 saturated heterocycles. The van der Waals surface area contributed by atoms with Gasteiger partial charge in [0.25, 0.3) is 5.91 Å². The predicted molar refractivity (Wildman–Crippen MR) is 110 cm³/mol. The highest BCUT2D eigenvalue weighted by atomic mass is 32.1. The van der Waals surface area contributed by atoms with Gasteiger partial charge in [0, 0.05) is 16.5 Å². The van der Waals surface area contributed by atoms with Gasteiger partial charge in [-0.3, -0.25) is 9.59 Å². The Morgan fingerprint density at radius 1 is 1.04 bits per heavy atom. The third kappa shape index (κ3) is 5.19. The van der Waals surface area contributed by atoms with Crippen molar-refractivity contribution in [2.75, 3.05) is 0 Å². The largest absolute Gasteiger partial charge is 0.351 e. The molecule has 2 amide bonds. The number of carbonyl (C=O) groups excluding carboxylic acids is 2. The Balaban J connectivity index is 1.71. The van der Waals surface area contributed by atoms with Crippen molar-refractivity contribution in [3.8, 4) is 0 Å². The standard InChI is InChI=1S/C22H28N2O2S/c1-15(2)16-10-12-17(13-11-16)21(25)24-20(19-9-6-14-27-19)22(26)23-18-7-4-3-5-8-18/h6,9-15,18,20H,3-5,7-8H2,1-2H3,(H,23,26)(H,24,25). The summed E-state index contributed by atoms with van der Waals surface area (Å²) in [6, 6.07) is 11.0. The van der Waals surface area contributed by atoms with Crippen LogP contribution in [0.25, 0.3) is 0 Å². The molecular formula is C22H28N2O2S. The number of rotatable bonds is 6. The molecule has 5 heteroatoms. The molecule has 1 saturated carbocycles. The highest BCUT2D eigenvalue weighted by Crippen LogP contribution is 2.23. The van der Waals surface area contributed by atoms with E-state index >= 15 is 0 Å². The summed E-state index contributed by atoms with van der Waals surface area (Å²) in [5, 5.41) is 8.00. The second-order valence-electron chi connectivity index (χ2n) is 7.54. The fourth-order valence-electron chi connectivity index (χ4n) is 3.49. The fraction of sp³-hybridized carbons (Fsp3) is 0.455. The minimum Gasteiger partial charge on any atom is -0.351 e. The average molecular weight is 385 g/mol. The number of thiophene rings is 1. The monoisotopic (exact) mass is 384 g/mol. The van der Waals surface area contributed by atoms with E-state index in [1.54, 1.807) is 0 Å². The number of hydrogen-bond donors (Lipinski definition) is 2. The van der Waals surface area contributed by atoms with Crippen LogP contribution < -0.4 is 10.6 Å². The van der Waals surface area contributed by atoms with Crippen LogP contribution in [0.15, 0.2) is 41.8 Å². The molecule has 2 aromatic rings. The Hall–Kier alpha value is -2.14. The van der Waals surface area contributed by atoms with E-state index in [4.69, 9.17) is 0 Å². The van der Waals surface area contributed by atoms with Crippen molar-refractivity contribution in [1.29, 1.82) is 0 Å². The topological polar surface area (TPSA) is 58.2 Å². The fourth-order valence-corrected chi connectivity index (χ4v) is 4.26. The van der Waals surface area contributed by atoms with Crippen molar-refractivity contribution in [3.63, 3.8) is 0 Å². The minimum atomic E-state index is -0.649. The maximum absolute atomic E-state index is 12.9. The number of benzene rings is 1. The normalized spacial score (nSPS) is 16.1. The van der Waals surface area contributed by atoms with E-state index in [1.165, 1.54) is 23.3 Å². The van der Waals surface area contributed by atoms with Crippen LogP contribution in [0.2, 0.25) is 0 Å². The van der Waals surface area contributed by atoms with Gasteiger partial charge >= 0.3 is 0 Å². The van der Waals surface area contributed by atoms with Gasteiger partial charge in [0.1, 0.15) is 6.04 Å². The van der Waals surface area contributed by atoms with E-state index in [9.17, 15) is 9.59 Å². The number of amides is 2. The van der Waals surface area contributed by atoms with Crippen molar-refractivity contribution in [1.82, 2.24) is 10.6 Å². The smallest absolute Gasteiger partial charge is 0.252 e. The molecule has 1 aliphatic rings. The molecule has 1 fully saturated rings. The van der Waals surface area contributed by atoms with Gasteiger partial charge in [-0.15, -0.1) is 11.3 Å². The first kappa shape index (κ1) is 19.6. The third-order valence-corrected chi connectivity index (χ3v) is 6.09. The Kier molecular flexibility index (Phi) is 6.67. The molecule has 2 N–H and O–H groups in total. The maximum Gasteiger partial charge on any atom is 0.252 e. The van der Waals surface area contributed by atoms with Gasteiger partial charge < -0.3 is 10.6 Å². The summed E-state index contributed by atoms with van der Waals surface area (Å²) in [5.41, 5.74) is 1.77. The van der Waals surface area contributed by atoms with E-state index in [1.807, 2.05) is 41.8 Å². The van der Waals surface area contributed by atoms with Crippen LogP contribution >= 0.6 is 11.3 Å². The van der Waals surface area contributed by atoms with Crippen LogP contribution in [-0.4, -0.2) is 17.9 Å². The molecule has 0 spiro atoms. The maximum atomic E-state index is 12.9. The Morgan fingerprint density at radius 2 is 1.74 bits per heavy atom. The molecule has 144 valence electrons. The third-order valence-electron chi connectivity index (χ3n) is 5.16. The zero-order valence-corrected chi connectivity index (χ0v) is 16.9. The Morgan fingerprint density at radius 3 is 2.33 bits per heavy atom. The second-order valence-corrected chi connectivity index (χ2v) is 8.52. The van der Waals surface area contributed by atoms with Crippen LogP contribution in [-0.2, 0) is 4.79 Å².